The van der Waals surface area contributed by atoms with Crippen LogP contribution in [0.25, 0.3) is 0 Å². The van der Waals surface area contributed by atoms with Gasteiger partial charge < -0.3 is 14.8 Å². The number of halogens is 1. The number of aromatic nitrogens is 1. The number of hydrogen-bond donors (Lipinski definition) is 1. The van der Waals surface area contributed by atoms with Crippen LogP contribution in [0.15, 0.2) is 35.1 Å². The lowest BCUT2D eigenvalue weighted by Gasteiger charge is -2.17. The summed E-state index contributed by atoms with van der Waals surface area (Å²) in [5.74, 6) is 1.32. The number of pyridine rings is 1. The maximum absolute atomic E-state index is 12.6. The van der Waals surface area contributed by atoms with Crippen LogP contribution in [0.2, 0.25) is 0 Å². The van der Waals surface area contributed by atoms with Crippen LogP contribution in [-0.2, 0) is 9.53 Å². The van der Waals surface area contributed by atoms with Crippen molar-refractivity contribution in [3.63, 3.8) is 0 Å². The van der Waals surface area contributed by atoms with Crippen molar-refractivity contribution in [1.29, 1.82) is 0 Å². The lowest BCUT2D eigenvalue weighted by Crippen LogP contribution is -2.20. The Morgan fingerprint density at radius 3 is 2.80 bits per heavy atom. The summed E-state index contributed by atoms with van der Waals surface area (Å²) in [6.45, 7) is 2.39. The fourth-order valence-corrected chi connectivity index (χ4v) is 4.24. The minimum atomic E-state index is -0.0808. The molecule has 2 heterocycles. The van der Waals surface area contributed by atoms with Gasteiger partial charge in [0.05, 0.1) is 19.4 Å². The van der Waals surface area contributed by atoms with Crippen molar-refractivity contribution < 1.29 is 18.7 Å². The van der Waals surface area contributed by atoms with E-state index in [9.17, 15) is 9.18 Å². The van der Waals surface area contributed by atoms with Crippen LogP contribution in [0.3, 0.4) is 0 Å². The van der Waals surface area contributed by atoms with E-state index in [1.54, 1.807) is 31.3 Å². The van der Waals surface area contributed by atoms with E-state index >= 15 is 0 Å². The highest BCUT2D eigenvalue weighted by Crippen LogP contribution is 2.54. The molecule has 6 nitrogen and oxygen atoms in total. The normalized spacial score (nSPS) is 25.6. The molecule has 0 radical (unpaired) electrons. The zero-order chi connectivity index (χ0) is 17.8. The third-order valence-electron chi connectivity index (χ3n) is 4.54. The minimum absolute atomic E-state index is 0.0808. The molecule has 136 valence electrons. The molecule has 3 atom stereocenters. The molecule has 1 aliphatic carbocycles. The number of hydrogen-bond acceptors (Lipinski definition) is 7. The average molecular weight is 367 g/mol. The number of likely N-dealkylation sites (N-methyl/N-ethyl adjacent to an activating group) is 1. The fraction of sp³-hybridized carbons (Fsp3) is 0.529. The predicted octanol–water partition coefficient (Wildman–Crippen LogP) is 1.89. The van der Waals surface area contributed by atoms with Gasteiger partial charge >= 0.3 is 5.97 Å². The van der Waals surface area contributed by atoms with Gasteiger partial charge in [0.2, 0.25) is 5.88 Å². The monoisotopic (exact) mass is 367 g/mol. The molecule has 3 rings (SSSR count). The quantitative estimate of drug-likeness (QED) is 0.556. The van der Waals surface area contributed by atoms with Crippen molar-refractivity contribution in [3.05, 3.63) is 30.2 Å². The Bertz CT molecular complexity index is 629. The summed E-state index contributed by atoms with van der Waals surface area (Å²) < 4.78 is 25.2. The largest absolute Gasteiger partial charge is 0.473 e. The van der Waals surface area contributed by atoms with Gasteiger partial charge in [-0.15, -0.1) is 0 Å². The van der Waals surface area contributed by atoms with Crippen molar-refractivity contribution in [2.75, 3.05) is 40.4 Å². The van der Waals surface area contributed by atoms with E-state index in [-0.39, 0.29) is 18.5 Å². The molecule has 1 saturated heterocycles. The summed E-state index contributed by atoms with van der Waals surface area (Å²) >= 11 is 1.63. The van der Waals surface area contributed by atoms with Crippen molar-refractivity contribution in [2.24, 2.45) is 17.8 Å². The Hall–Kier alpha value is -1.64. The van der Waals surface area contributed by atoms with Gasteiger partial charge in [-0.05, 0) is 36.9 Å². The van der Waals surface area contributed by atoms with E-state index in [1.165, 1.54) is 7.11 Å². The number of rotatable bonds is 8. The van der Waals surface area contributed by atoms with Crippen LogP contribution in [0, 0.1) is 17.8 Å². The van der Waals surface area contributed by atoms with Gasteiger partial charge in [0.1, 0.15) is 6.61 Å². The maximum atomic E-state index is 12.6. The molecule has 2 fully saturated rings. The zero-order valence-electron chi connectivity index (χ0n) is 14.3. The highest BCUT2D eigenvalue weighted by molar-refractivity contribution is 7.97. The summed E-state index contributed by atoms with van der Waals surface area (Å²) in [7, 11) is 3.20. The molecular weight excluding hydrogens is 345 g/mol. The molecule has 1 aromatic heterocycles. The Balaban J connectivity index is 1.44. The van der Waals surface area contributed by atoms with Crippen molar-refractivity contribution >= 4 is 17.9 Å². The van der Waals surface area contributed by atoms with E-state index in [2.05, 4.69) is 14.6 Å². The maximum Gasteiger partial charge on any atom is 0.309 e. The number of esters is 1. The Morgan fingerprint density at radius 2 is 2.24 bits per heavy atom. The molecule has 0 aromatic carbocycles. The van der Waals surface area contributed by atoms with Gasteiger partial charge in [-0.25, -0.2) is 13.7 Å². The van der Waals surface area contributed by atoms with Crippen molar-refractivity contribution in [3.8, 4) is 5.88 Å². The standard InChI is InChI=1S/C17H22FN3O3S/c1-19-6-11(5-18)10-24-15-4-3-12(7-20-15)25-21-8-13-14(9-21)16(13)17(22)23-2/h3-5,7,13-14,16,19H,6,8-10H2,1-2H3/b11-5+/t13-,14+,16?. The smallest absolute Gasteiger partial charge is 0.309 e. The molecule has 8 heteroatoms. The van der Waals surface area contributed by atoms with Crippen LogP contribution in [0.4, 0.5) is 4.39 Å². The Morgan fingerprint density at radius 1 is 1.48 bits per heavy atom. The molecule has 1 saturated carbocycles. The summed E-state index contributed by atoms with van der Waals surface area (Å²) in [4.78, 5) is 16.8. The van der Waals surface area contributed by atoms with Crippen molar-refractivity contribution in [1.82, 2.24) is 14.6 Å². The Labute approximate surface area is 150 Å². The van der Waals surface area contributed by atoms with Gasteiger partial charge in [-0.1, -0.05) is 0 Å². The molecule has 1 aromatic rings. The number of carbonyl (C=O) groups is 1. The second kappa shape index (κ2) is 8.16. The highest BCUT2D eigenvalue weighted by Gasteiger charge is 2.60. The molecule has 0 spiro atoms. The molecular formula is C17H22FN3O3S. The summed E-state index contributed by atoms with van der Waals surface area (Å²) in [6, 6.07) is 3.72. The second-order valence-electron chi connectivity index (χ2n) is 6.23. The third kappa shape index (κ3) is 4.31. The first-order chi connectivity index (χ1) is 12.2. The lowest BCUT2D eigenvalue weighted by molar-refractivity contribution is -0.143. The molecule has 0 amide bonds. The van der Waals surface area contributed by atoms with Gasteiger partial charge in [0.25, 0.3) is 0 Å². The first kappa shape index (κ1) is 18.2. The number of fused-ring (bicyclic) bond motifs is 1. The predicted molar refractivity (Wildman–Crippen MR) is 92.8 cm³/mol. The van der Waals surface area contributed by atoms with Gasteiger partial charge in [-0.2, -0.15) is 0 Å². The van der Waals surface area contributed by atoms with E-state index < -0.39 is 0 Å². The first-order valence-electron chi connectivity index (χ1n) is 8.18. The number of methoxy groups -OCH3 is 1. The topological polar surface area (TPSA) is 63.7 Å². The first-order valence-corrected chi connectivity index (χ1v) is 8.96. The zero-order valence-corrected chi connectivity index (χ0v) is 15.1. The molecule has 1 aliphatic heterocycles. The minimum Gasteiger partial charge on any atom is -0.473 e. The van der Waals surface area contributed by atoms with E-state index in [4.69, 9.17) is 9.47 Å². The summed E-state index contributed by atoms with van der Waals surface area (Å²) in [6.07, 6.45) is 2.31. The van der Waals surface area contributed by atoms with Gasteiger partial charge in [0.15, 0.2) is 0 Å². The van der Waals surface area contributed by atoms with Crippen LogP contribution in [-0.4, -0.2) is 55.7 Å². The Kier molecular flexibility index (Phi) is 5.93. The van der Waals surface area contributed by atoms with Gasteiger partial charge in [-0.3, -0.25) is 4.79 Å². The fourth-order valence-electron chi connectivity index (χ4n) is 3.22. The molecule has 2 aliphatic rings. The third-order valence-corrected chi connectivity index (χ3v) is 5.55. The van der Waals surface area contributed by atoms with Crippen LogP contribution >= 0.6 is 11.9 Å². The van der Waals surface area contributed by atoms with Crippen LogP contribution in [0.1, 0.15) is 0 Å². The number of nitrogens with one attached hydrogen (secondary N) is 1. The molecule has 0 bridgehead atoms. The average Bonchev–Trinajstić information content (AvgIpc) is 3.14. The van der Waals surface area contributed by atoms with E-state index in [0.717, 1.165) is 18.0 Å². The molecule has 1 N–H and O–H groups in total. The summed E-state index contributed by atoms with van der Waals surface area (Å²) in [5.41, 5.74) is 0.527. The lowest BCUT2D eigenvalue weighted by atomic mass is 10.3. The number of piperidine rings is 1. The summed E-state index contributed by atoms with van der Waals surface area (Å²) in [5, 5.41) is 2.88. The highest BCUT2D eigenvalue weighted by atomic mass is 32.2. The van der Waals surface area contributed by atoms with Crippen LogP contribution in [0.5, 0.6) is 5.88 Å². The van der Waals surface area contributed by atoms with E-state index in [0.29, 0.717) is 36.2 Å². The van der Waals surface area contributed by atoms with E-state index in [1.807, 2.05) is 6.07 Å². The number of ether oxygens (including phenoxy) is 2. The van der Waals surface area contributed by atoms with Crippen LogP contribution < -0.4 is 10.1 Å². The SMILES string of the molecule is CNC/C(=C\F)COc1ccc(SN2C[C@@H]3C(C(=O)OC)[C@@H]3C2)cn1. The van der Waals surface area contributed by atoms with Gasteiger partial charge in [0, 0.05) is 42.4 Å². The number of nitrogens with zero attached hydrogens (tertiary/aromatic N) is 2. The second-order valence-corrected chi connectivity index (χ2v) is 7.40. The van der Waals surface area contributed by atoms with Crippen molar-refractivity contribution in [2.45, 2.75) is 4.90 Å². The molecule has 25 heavy (non-hydrogen) atoms. The molecule has 1 unspecified atom stereocenters. The number of carbonyl (C=O) groups excluding carboxylic acids is 1.